The second kappa shape index (κ2) is 5.77. The first-order valence-electron chi connectivity index (χ1n) is 8.22. The van der Waals surface area contributed by atoms with Gasteiger partial charge in [-0.2, -0.15) is 0 Å². The fourth-order valence-electron chi connectivity index (χ4n) is 3.95. The largest absolute Gasteiger partial charge is 0.508 e. The average molecular weight is 273 g/mol. The van der Waals surface area contributed by atoms with Crippen LogP contribution >= 0.6 is 0 Å². The Morgan fingerprint density at radius 1 is 1.20 bits per heavy atom. The minimum absolute atomic E-state index is 0.404. The summed E-state index contributed by atoms with van der Waals surface area (Å²) in [6.45, 7) is 3.55. The van der Waals surface area contributed by atoms with E-state index in [1.165, 1.54) is 56.1 Å². The first-order chi connectivity index (χ1) is 9.66. The highest BCUT2D eigenvalue weighted by Crippen LogP contribution is 2.37. The molecule has 1 atom stereocenters. The van der Waals surface area contributed by atoms with Gasteiger partial charge in [-0.1, -0.05) is 32.3 Å². The van der Waals surface area contributed by atoms with Crippen molar-refractivity contribution in [3.05, 3.63) is 29.3 Å². The molecule has 0 heterocycles. The molecule has 0 amide bonds. The van der Waals surface area contributed by atoms with Crippen molar-refractivity contribution in [3.63, 3.8) is 0 Å². The van der Waals surface area contributed by atoms with E-state index in [4.69, 9.17) is 0 Å². The first-order valence-corrected chi connectivity index (χ1v) is 8.22. The molecule has 2 nitrogen and oxygen atoms in total. The number of fused-ring (bicyclic) bond motifs is 1. The lowest BCUT2D eigenvalue weighted by atomic mass is 9.75. The number of rotatable bonds is 3. The molecule has 1 unspecified atom stereocenters. The van der Waals surface area contributed by atoms with Gasteiger partial charge in [0.25, 0.3) is 0 Å². The third kappa shape index (κ3) is 3.01. The maximum absolute atomic E-state index is 9.75. The van der Waals surface area contributed by atoms with E-state index in [0.717, 1.165) is 13.0 Å². The Labute approximate surface area is 122 Å². The third-order valence-electron chi connectivity index (χ3n) is 5.28. The quantitative estimate of drug-likeness (QED) is 0.859. The molecule has 2 aliphatic rings. The van der Waals surface area contributed by atoms with E-state index in [1.54, 1.807) is 0 Å². The van der Waals surface area contributed by atoms with Crippen LogP contribution in [0.4, 0.5) is 0 Å². The van der Waals surface area contributed by atoms with Crippen molar-refractivity contribution in [2.45, 2.75) is 64.3 Å². The minimum Gasteiger partial charge on any atom is -0.508 e. The van der Waals surface area contributed by atoms with Crippen molar-refractivity contribution in [1.29, 1.82) is 0 Å². The van der Waals surface area contributed by atoms with Crippen LogP contribution in [0, 0.1) is 5.41 Å². The molecule has 0 saturated heterocycles. The van der Waals surface area contributed by atoms with Crippen LogP contribution in [0.2, 0.25) is 0 Å². The molecule has 1 saturated carbocycles. The summed E-state index contributed by atoms with van der Waals surface area (Å²) in [5.74, 6) is 0.404. The van der Waals surface area contributed by atoms with Crippen molar-refractivity contribution in [1.82, 2.24) is 5.32 Å². The lowest BCUT2D eigenvalue weighted by molar-refractivity contribution is 0.197. The fourth-order valence-corrected chi connectivity index (χ4v) is 3.95. The average Bonchev–Trinajstić information content (AvgIpc) is 2.46. The summed E-state index contributed by atoms with van der Waals surface area (Å²) in [4.78, 5) is 0. The Morgan fingerprint density at radius 2 is 2.00 bits per heavy atom. The third-order valence-corrected chi connectivity index (χ3v) is 5.28. The van der Waals surface area contributed by atoms with Crippen molar-refractivity contribution in [3.8, 4) is 5.75 Å². The van der Waals surface area contributed by atoms with Gasteiger partial charge in [-0.05, 0) is 60.8 Å². The zero-order valence-corrected chi connectivity index (χ0v) is 12.6. The molecule has 2 heteroatoms. The summed E-state index contributed by atoms with van der Waals surface area (Å²) in [6.07, 6.45) is 10.5. The van der Waals surface area contributed by atoms with Gasteiger partial charge in [-0.15, -0.1) is 0 Å². The second-order valence-electron chi connectivity index (χ2n) is 7.08. The molecule has 3 rings (SSSR count). The molecule has 2 aliphatic carbocycles. The van der Waals surface area contributed by atoms with Gasteiger partial charge in [0.05, 0.1) is 0 Å². The Kier molecular flexibility index (Phi) is 4.02. The number of benzene rings is 1. The van der Waals surface area contributed by atoms with Crippen molar-refractivity contribution < 1.29 is 5.11 Å². The Bertz CT molecular complexity index is 462. The van der Waals surface area contributed by atoms with E-state index in [0.29, 0.717) is 17.2 Å². The van der Waals surface area contributed by atoms with Crippen molar-refractivity contribution in [2.75, 3.05) is 6.54 Å². The molecule has 0 radical (unpaired) electrons. The summed E-state index contributed by atoms with van der Waals surface area (Å²) >= 11 is 0. The summed E-state index contributed by atoms with van der Waals surface area (Å²) in [5.41, 5.74) is 3.23. The maximum atomic E-state index is 9.75. The van der Waals surface area contributed by atoms with E-state index in [1.807, 2.05) is 12.1 Å². The SMILES string of the molecule is CC1(CNC2CCCc3ccc(O)cc32)CCCCC1. The Morgan fingerprint density at radius 3 is 2.80 bits per heavy atom. The Balaban J connectivity index is 1.68. The van der Waals surface area contributed by atoms with Crippen molar-refractivity contribution in [2.24, 2.45) is 5.41 Å². The van der Waals surface area contributed by atoms with Gasteiger partial charge in [-0.3, -0.25) is 0 Å². The topological polar surface area (TPSA) is 32.3 Å². The van der Waals surface area contributed by atoms with E-state index < -0.39 is 0 Å². The molecule has 0 aromatic heterocycles. The standard InChI is InChI=1S/C18H27NO/c1-18(10-3-2-4-11-18)13-19-17-7-5-6-14-8-9-15(20)12-16(14)17/h8-9,12,17,19-20H,2-7,10-11,13H2,1H3. The van der Waals surface area contributed by atoms with Gasteiger partial charge in [0.15, 0.2) is 0 Å². The van der Waals surface area contributed by atoms with Crippen LogP contribution in [-0.4, -0.2) is 11.7 Å². The number of aromatic hydroxyl groups is 1. The molecule has 0 aliphatic heterocycles. The van der Waals surface area contributed by atoms with Gasteiger partial charge >= 0.3 is 0 Å². The van der Waals surface area contributed by atoms with Crippen LogP contribution in [0.3, 0.4) is 0 Å². The smallest absolute Gasteiger partial charge is 0.115 e. The highest BCUT2D eigenvalue weighted by Gasteiger charge is 2.28. The first kappa shape index (κ1) is 13.9. The molecule has 110 valence electrons. The maximum Gasteiger partial charge on any atom is 0.115 e. The van der Waals surface area contributed by atoms with Crippen LogP contribution in [0.15, 0.2) is 18.2 Å². The van der Waals surface area contributed by atoms with Gasteiger partial charge in [-0.25, -0.2) is 0 Å². The van der Waals surface area contributed by atoms with Crippen molar-refractivity contribution >= 4 is 0 Å². The zero-order chi connectivity index (χ0) is 14.0. The molecule has 1 aromatic rings. The predicted octanol–water partition coefficient (Wildman–Crippen LogP) is 4.33. The van der Waals surface area contributed by atoms with Gasteiger partial charge < -0.3 is 10.4 Å². The number of phenols is 1. The monoisotopic (exact) mass is 273 g/mol. The molecule has 1 fully saturated rings. The summed E-state index contributed by atoms with van der Waals surface area (Å²) in [6, 6.07) is 6.32. The van der Waals surface area contributed by atoms with E-state index in [-0.39, 0.29) is 0 Å². The lowest BCUT2D eigenvalue weighted by Gasteiger charge is -2.36. The Hall–Kier alpha value is -1.02. The van der Waals surface area contributed by atoms with E-state index in [9.17, 15) is 5.11 Å². The number of hydrogen-bond donors (Lipinski definition) is 2. The number of nitrogens with one attached hydrogen (secondary N) is 1. The molecule has 0 bridgehead atoms. The molecular weight excluding hydrogens is 246 g/mol. The minimum atomic E-state index is 0.404. The molecule has 0 spiro atoms. The summed E-state index contributed by atoms with van der Waals surface area (Å²) in [5, 5.41) is 13.5. The van der Waals surface area contributed by atoms with Crippen LogP contribution < -0.4 is 5.32 Å². The van der Waals surface area contributed by atoms with Crippen LogP contribution in [0.5, 0.6) is 5.75 Å². The van der Waals surface area contributed by atoms with E-state index in [2.05, 4.69) is 18.3 Å². The van der Waals surface area contributed by atoms with Gasteiger partial charge in [0.1, 0.15) is 5.75 Å². The molecular formula is C18H27NO. The second-order valence-corrected chi connectivity index (χ2v) is 7.08. The predicted molar refractivity (Wildman–Crippen MR) is 83.0 cm³/mol. The van der Waals surface area contributed by atoms with Crippen LogP contribution in [0.25, 0.3) is 0 Å². The molecule has 2 N–H and O–H groups in total. The van der Waals surface area contributed by atoms with Crippen LogP contribution in [0.1, 0.15) is 69.0 Å². The number of aryl methyl sites for hydroxylation is 1. The highest BCUT2D eigenvalue weighted by molar-refractivity contribution is 5.38. The van der Waals surface area contributed by atoms with E-state index >= 15 is 0 Å². The zero-order valence-electron chi connectivity index (χ0n) is 12.6. The molecule has 20 heavy (non-hydrogen) atoms. The lowest BCUT2D eigenvalue weighted by Crippen LogP contribution is -2.36. The normalized spacial score (nSPS) is 25.1. The number of hydrogen-bond acceptors (Lipinski definition) is 2. The number of phenolic OH excluding ortho intramolecular Hbond substituents is 1. The summed E-state index contributed by atoms with van der Waals surface area (Å²) < 4.78 is 0. The highest BCUT2D eigenvalue weighted by atomic mass is 16.3. The van der Waals surface area contributed by atoms with Crippen LogP contribution in [-0.2, 0) is 6.42 Å². The molecule has 1 aromatic carbocycles. The summed E-state index contributed by atoms with van der Waals surface area (Å²) in [7, 11) is 0. The van der Waals surface area contributed by atoms with Gasteiger partial charge in [0, 0.05) is 12.6 Å². The fraction of sp³-hybridized carbons (Fsp3) is 0.667. The van der Waals surface area contributed by atoms with Gasteiger partial charge in [0.2, 0.25) is 0 Å².